The van der Waals surface area contributed by atoms with E-state index in [2.05, 4.69) is 4.98 Å². The Hall–Kier alpha value is -1.82. The maximum atomic E-state index is 10.6. The van der Waals surface area contributed by atoms with E-state index in [1.54, 1.807) is 0 Å². The smallest absolute Gasteiger partial charge is 0.337 e. The highest BCUT2D eigenvalue weighted by Gasteiger charge is 2.08. The topological polar surface area (TPSA) is 106 Å². The van der Waals surface area contributed by atoms with Crippen molar-refractivity contribution >= 4 is 11.7 Å². The lowest BCUT2D eigenvalue weighted by Gasteiger charge is -2.06. The van der Waals surface area contributed by atoms with Gasteiger partial charge in [0.1, 0.15) is 0 Å². The molecule has 1 aromatic rings. The number of aliphatic hydroxyl groups is 1. The van der Waals surface area contributed by atoms with E-state index in [1.807, 2.05) is 0 Å². The second-order valence-electron chi connectivity index (χ2n) is 2.85. The normalized spacial score (nSPS) is 9.93. The van der Waals surface area contributed by atoms with Crippen LogP contribution < -0.4 is 10.5 Å². The summed E-state index contributed by atoms with van der Waals surface area (Å²) in [4.78, 5) is 14.3. The molecule has 0 saturated heterocycles. The molecule has 6 heteroatoms. The molecule has 0 fully saturated rings. The summed E-state index contributed by atoms with van der Waals surface area (Å²) in [5, 5.41) is 17.2. The van der Waals surface area contributed by atoms with Crippen molar-refractivity contribution in [1.82, 2.24) is 4.98 Å². The van der Waals surface area contributed by atoms with Crippen molar-refractivity contribution in [2.45, 2.75) is 6.42 Å². The van der Waals surface area contributed by atoms with Gasteiger partial charge in [-0.05, 0) is 6.07 Å². The Morgan fingerprint density at radius 1 is 1.60 bits per heavy atom. The lowest BCUT2D eigenvalue weighted by molar-refractivity contribution is 0.0696. The molecule has 0 spiro atoms. The van der Waals surface area contributed by atoms with Crippen LogP contribution in [0.4, 0.5) is 5.69 Å². The van der Waals surface area contributed by atoms with Gasteiger partial charge in [0.15, 0.2) is 0 Å². The van der Waals surface area contributed by atoms with Gasteiger partial charge in [-0.1, -0.05) is 0 Å². The Labute approximate surface area is 86.3 Å². The molecule has 0 saturated carbocycles. The molecule has 0 aliphatic rings. The number of nitrogens with zero attached hydrogens (tertiary/aromatic N) is 1. The summed E-state index contributed by atoms with van der Waals surface area (Å²) in [7, 11) is 0. The van der Waals surface area contributed by atoms with Crippen molar-refractivity contribution in [2.75, 3.05) is 18.9 Å². The van der Waals surface area contributed by atoms with E-state index < -0.39 is 5.97 Å². The largest absolute Gasteiger partial charge is 0.478 e. The minimum atomic E-state index is -1.09. The molecular formula is C9H12N2O4. The Morgan fingerprint density at radius 3 is 2.87 bits per heavy atom. The first-order chi connectivity index (χ1) is 7.15. The number of carbonyl (C=O) groups is 1. The van der Waals surface area contributed by atoms with Crippen LogP contribution in [0, 0.1) is 0 Å². The van der Waals surface area contributed by atoms with Gasteiger partial charge in [-0.15, -0.1) is 0 Å². The molecule has 1 rings (SSSR count). The van der Waals surface area contributed by atoms with Crippen LogP contribution in [0.25, 0.3) is 0 Å². The van der Waals surface area contributed by atoms with Crippen molar-refractivity contribution in [2.24, 2.45) is 0 Å². The minimum Gasteiger partial charge on any atom is -0.478 e. The molecule has 0 aliphatic carbocycles. The number of aliphatic hydroxyl groups excluding tert-OH is 1. The first kappa shape index (κ1) is 11.3. The summed E-state index contributed by atoms with van der Waals surface area (Å²) in [6.07, 6.45) is 1.65. The highest BCUT2D eigenvalue weighted by atomic mass is 16.5. The van der Waals surface area contributed by atoms with Gasteiger partial charge in [-0.25, -0.2) is 9.78 Å². The predicted octanol–water partition coefficient (Wildman–Crippen LogP) is 0.123. The van der Waals surface area contributed by atoms with Crippen LogP contribution in [-0.4, -0.2) is 34.4 Å². The molecule has 0 aromatic carbocycles. The number of anilines is 1. The van der Waals surface area contributed by atoms with E-state index in [9.17, 15) is 4.79 Å². The summed E-state index contributed by atoms with van der Waals surface area (Å²) in [6.45, 7) is 0.313. The summed E-state index contributed by atoms with van der Waals surface area (Å²) < 4.78 is 5.12. The monoisotopic (exact) mass is 212 g/mol. The molecule has 0 amide bonds. The number of aromatic nitrogens is 1. The van der Waals surface area contributed by atoms with Gasteiger partial charge in [0.05, 0.1) is 17.9 Å². The van der Waals surface area contributed by atoms with Crippen LogP contribution in [0.2, 0.25) is 0 Å². The maximum Gasteiger partial charge on any atom is 0.337 e. The summed E-state index contributed by atoms with van der Waals surface area (Å²) in [6, 6.07) is 1.28. The Morgan fingerprint density at radius 2 is 2.33 bits per heavy atom. The van der Waals surface area contributed by atoms with Crippen molar-refractivity contribution in [3.05, 3.63) is 17.8 Å². The summed E-state index contributed by atoms with van der Waals surface area (Å²) in [5.74, 6) is -0.899. The number of ether oxygens (including phenoxy) is 1. The zero-order chi connectivity index (χ0) is 11.3. The number of hydrogen-bond donors (Lipinski definition) is 3. The molecule has 15 heavy (non-hydrogen) atoms. The lowest BCUT2D eigenvalue weighted by Crippen LogP contribution is -2.06. The number of carboxylic acids is 1. The first-order valence-electron chi connectivity index (χ1n) is 4.37. The van der Waals surface area contributed by atoms with E-state index in [-0.39, 0.29) is 23.7 Å². The van der Waals surface area contributed by atoms with Gasteiger partial charge in [0.25, 0.3) is 0 Å². The van der Waals surface area contributed by atoms with E-state index >= 15 is 0 Å². The summed E-state index contributed by atoms with van der Waals surface area (Å²) >= 11 is 0. The van der Waals surface area contributed by atoms with Crippen molar-refractivity contribution in [3.63, 3.8) is 0 Å². The molecular weight excluding hydrogens is 200 g/mol. The second kappa shape index (κ2) is 5.16. The quantitative estimate of drug-likeness (QED) is 0.599. The fraction of sp³-hybridized carbons (Fsp3) is 0.333. The van der Waals surface area contributed by atoms with Crippen LogP contribution in [0.15, 0.2) is 12.3 Å². The number of rotatable bonds is 5. The number of nitrogens with two attached hydrogens (primary N) is 1. The molecule has 1 heterocycles. The highest BCUT2D eigenvalue weighted by molar-refractivity contribution is 5.88. The average Bonchev–Trinajstić information content (AvgIpc) is 2.20. The minimum absolute atomic E-state index is 0.0157. The zero-order valence-corrected chi connectivity index (χ0v) is 8.01. The van der Waals surface area contributed by atoms with Gasteiger partial charge < -0.3 is 20.7 Å². The third-order valence-electron chi connectivity index (χ3n) is 1.67. The zero-order valence-electron chi connectivity index (χ0n) is 8.01. The SMILES string of the molecule is Nc1cc(C(=O)O)cnc1OCCCO. The van der Waals surface area contributed by atoms with Crippen LogP contribution >= 0.6 is 0 Å². The first-order valence-corrected chi connectivity index (χ1v) is 4.37. The maximum absolute atomic E-state index is 10.6. The Balaban J connectivity index is 2.70. The lowest BCUT2D eigenvalue weighted by atomic mass is 10.2. The van der Waals surface area contributed by atoms with Gasteiger partial charge in [0, 0.05) is 19.2 Å². The Kier molecular flexibility index (Phi) is 3.87. The van der Waals surface area contributed by atoms with Gasteiger partial charge in [0.2, 0.25) is 5.88 Å². The predicted molar refractivity (Wildman–Crippen MR) is 52.8 cm³/mol. The van der Waals surface area contributed by atoms with E-state index in [1.165, 1.54) is 12.3 Å². The third-order valence-corrected chi connectivity index (χ3v) is 1.67. The molecule has 0 bridgehead atoms. The molecule has 0 radical (unpaired) electrons. The molecule has 6 nitrogen and oxygen atoms in total. The van der Waals surface area contributed by atoms with Crippen LogP contribution in [0.5, 0.6) is 5.88 Å². The van der Waals surface area contributed by atoms with Crippen LogP contribution in [-0.2, 0) is 0 Å². The standard InChI is InChI=1S/C9H12N2O4/c10-7-4-6(9(13)14)5-11-8(7)15-3-1-2-12/h4-5,12H,1-3,10H2,(H,13,14). The Bertz CT molecular complexity index is 354. The van der Waals surface area contributed by atoms with E-state index in [0.29, 0.717) is 13.0 Å². The van der Waals surface area contributed by atoms with Gasteiger partial charge in [-0.2, -0.15) is 0 Å². The molecule has 1 aromatic heterocycles. The van der Waals surface area contributed by atoms with Crippen molar-refractivity contribution in [3.8, 4) is 5.88 Å². The molecule has 0 atom stereocenters. The number of carboxylic acid groups (broad SMARTS) is 1. The van der Waals surface area contributed by atoms with Gasteiger partial charge in [-0.3, -0.25) is 0 Å². The second-order valence-corrected chi connectivity index (χ2v) is 2.85. The average molecular weight is 212 g/mol. The number of aromatic carboxylic acids is 1. The number of nitrogen functional groups attached to an aromatic ring is 1. The molecule has 0 unspecified atom stereocenters. The van der Waals surface area contributed by atoms with Crippen LogP contribution in [0.1, 0.15) is 16.8 Å². The summed E-state index contributed by atoms with van der Waals surface area (Å²) in [5.41, 5.74) is 5.72. The van der Waals surface area contributed by atoms with Crippen molar-refractivity contribution in [1.29, 1.82) is 0 Å². The molecule has 0 aliphatic heterocycles. The third kappa shape index (κ3) is 3.10. The fourth-order valence-corrected chi connectivity index (χ4v) is 0.940. The number of hydrogen-bond acceptors (Lipinski definition) is 5. The van der Waals surface area contributed by atoms with E-state index in [0.717, 1.165) is 0 Å². The molecule has 4 N–H and O–H groups in total. The van der Waals surface area contributed by atoms with Crippen molar-refractivity contribution < 1.29 is 19.7 Å². The van der Waals surface area contributed by atoms with Crippen LogP contribution in [0.3, 0.4) is 0 Å². The van der Waals surface area contributed by atoms with Gasteiger partial charge >= 0.3 is 5.97 Å². The number of pyridine rings is 1. The fourth-order valence-electron chi connectivity index (χ4n) is 0.940. The van der Waals surface area contributed by atoms with E-state index in [4.69, 9.17) is 20.7 Å². The molecule has 82 valence electrons. The highest BCUT2D eigenvalue weighted by Crippen LogP contribution is 2.18.